The monoisotopic (exact) mass is 462 g/mol. The van der Waals surface area contributed by atoms with Gasteiger partial charge in [-0.1, -0.05) is 53.1 Å². The number of rotatable bonds is 8. The maximum absolute atomic E-state index is 13.1. The fraction of sp³-hybridized carbons (Fsp3) is 0.167. The molecule has 0 radical (unpaired) electrons. The van der Waals surface area contributed by atoms with Crippen LogP contribution in [-0.4, -0.2) is 33.3 Å². The van der Waals surface area contributed by atoms with E-state index in [0.717, 1.165) is 16.9 Å². The van der Waals surface area contributed by atoms with Crippen molar-refractivity contribution in [2.45, 2.75) is 20.1 Å². The lowest BCUT2D eigenvalue weighted by Gasteiger charge is -2.13. The summed E-state index contributed by atoms with van der Waals surface area (Å²) in [6.45, 7) is 2.13. The summed E-state index contributed by atoms with van der Waals surface area (Å²) in [5.74, 6) is 0.193. The van der Waals surface area contributed by atoms with Gasteiger partial charge in [-0.25, -0.2) is 0 Å². The number of anilines is 1. The van der Waals surface area contributed by atoms with Crippen molar-refractivity contribution in [2.75, 3.05) is 12.4 Å². The minimum atomic E-state index is -0.408. The number of ether oxygens (including phenoxy) is 2. The van der Waals surface area contributed by atoms with Crippen LogP contribution in [0.1, 0.15) is 27.2 Å². The molecule has 0 spiro atoms. The molecule has 2 aromatic carbocycles. The van der Waals surface area contributed by atoms with Crippen molar-refractivity contribution in [2.24, 2.45) is 0 Å². The summed E-state index contributed by atoms with van der Waals surface area (Å²) in [4.78, 5) is 17.2. The van der Waals surface area contributed by atoms with E-state index in [1.165, 1.54) is 11.8 Å². The third-order valence-electron chi connectivity index (χ3n) is 4.87. The Labute approximate surface area is 194 Å². The van der Waals surface area contributed by atoms with Crippen LogP contribution < -0.4 is 14.8 Å². The van der Waals surface area contributed by atoms with Crippen LogP contribution in [-0.2, 0) is 13.2 Å². The molecular formula is C24H22N4O4S. The van der Waals surface area contributed by atoms with Crippen molar-refractivity contribution < 1.29 is 19.4 Å². The number of aromatic nitrogens is 3. The predicted octanol–water partition coefficient (Wildman–Crippen LogP) is 4.24. The average molecular weight is 463 g/mol. The van der Waals surface area contributed by atoms with Crippen molar-refractivity contribution in [3.05, 3.63) is 83.2 Å². The molecule has 0 bridgehead atoms. The van der Waals surface area contributed by atoms with Crippen LogP contribution in [0.15, 0.2) is 60.8 Å². The molecule has 2 aromatic heterocycles. The Morgan fingerprint density at radius 2 is 1.88 bits per heavy atom. The second-order valence-corrected chi connectivity index (χ2v) is 8.12. The van der Waals surface area contributed by atoms with Crippen LogP contribution in [0, 0.1) is 6.92 Å². The smallest absolute Gasteiger partial charge is 0.296 e. The fourth-order valence-corrected chi connectivity index (χ4v) is 3.76. The molecule has 4 rings (SSSR count). The SMILES string of the molecule is COc1ccccc1-c1cc(CO)ncc1C(=O)Nc1nnc(OCc2ccc(C)cc2)s1. The summed E-state index contributed by atoms with van der Waals surface area (Å²) in [6, 6.07) is 17.0. The van der Waals surface area contributed by atoms with Gasteiger partial charge in [0, 0.05) is 17.3 Å². The van der Waals surface area contributed by atoms with Gasteiger partial charge in [0.1, 0.15) is 12.4 Å². The Hall–Kier alpha value is -3.82. The van der Waals surface area contributed by atoms with Gasteiger partial charge in [0.05, 0.1) is 25.0 Å². The number of nitrogens with zero attached hydrogens (tertiary/aromatic N) is 3. The van der Waals surface area contributed by atoms with E-state index in [4.69, 9.17) is 9.47 Å². The lowest BCUT2D eigenvalue weighted by atomic mass is 9.99. The minimum absolute atomic E-state index is 0.248. The predicted molar refractivity (Wildman–Crippen MR) is 126 cm³/mol. The molecule has 8 nitrogen and oxygen atoms in total. The van der Waals surface area contributed by atoms with Gasteiger partial charge in [-0.05, 0) is 36.0 Å². The second-order valence-electron chi connectivity index (χ2n) is 7.18. The number of amides is 1. The standard InChI is InChI=1S/C24H22N4O4S/c1-15-7-9-16(10-8-15)14-32-24-28-27-23(33-24)26-22(30)20-12-25-17(13-29)11-19(20)18-5-3-4-6-21(18)31-2/h3-12,29H,13-14H2,1-2H3,(H,26,27,30). The van der Waals surface area contributed by atoms with E-state index in [1.54, 1.807) is 19.2 Å². The van der Waals surface area contributed by atoms with Gasteiger partial charge in [0.2, 0.25) is 5.13 Å². The molecule has 168 valence electrons. The van der Waals surface area contributed by atoms with Crippen LogP contribution in [0.25, 0.3) is 11.1 Å². The summed E-state index contributed by atoms with van der Waals surface area (Å²) in [5.41, 5.74) is 4.24. The molecule has 0 atom stereocenters. The molecule has 1 amide bonds. The third kappa shape index (κ3) is 5.33. The molecule has 0 aliphatic rings. The number of nitrogens with one attached hydrogen (secondary N) is 1. The number of pyridine rings is 1. The molecule has 4 aromatic rings. The molecule has 2 N–H and O–H groups in total. The maximum Gasteiger partial charge on any atom is 0.296 e. The van der Waals surface area contributed by atoms with Crippen molar-refractivity contribution in [3.8, 4) is 22.1 Å². The van der Waals surface area contributed by atoms with Crippen LogP contribution in [0.3, 0.4) is 0 Å². The van der Waals surface area contributed by atoms with Gasteiger partial charge in [-0.15, -0.1) is 5.10 Å². The first-order chi connectivity index (χ1) is 16.1. The zero-order valence-electron chi connectivity index (χ0n) is 18.1. The first-order valence-electron chi connectivity index (χ1n) is 10.1. The molecule has 2 heterocycles. The number of aryl methyl sites for hydroxylation is 1. The number of aliphatic hydroxyl groups excluding tert-OH is 1. The first kappa shape index (κ1) is 22.4. The summed E-state index contributed by atoms with van der Waals surface area (Å²) >= 11 is 1.13. The number of methoxy groups -OCH3 is 1. The summed E-state index contributed by atoms with van der Waals surface area (Å²) in [5, 5.41) is 20.9. The molecule has 0 aliphatic heterocycles. The lowest BCUT2D eigenvalue weighted by Crippen LogP contribution is -2.14. The van der Waals surface area contributed by atoms with Gasteiger partial charge in [-0.2, -0.15) is 0 Å². The van der Waals surface area contributed by atoms with E-state index in [9.17, 15) is 9.90 Å². The summed E-state index contributed by atoms with van der Waals surface area (Å²) in [7, 11) is 1.56. The van der Waals surface area contributed by atoms with Gasteiger partial charge in [0.15, 0.2) is 0 Å². The second kappa shape index (κ2) is 10.2. The number of aliphatic hydroxyl groups is 1. The maximum atomic E-state index is 13.1. The summed E-state index contributed by atoms with van der Waals surface area (Å²) < 4.78 is 11.1. The van der Waals surface area contributed by atoms with Gasteiger partial charge >= 0.3 is 0 Å². The Morgan fingerprint density at radius 3 is 2.64 bits per heavy atom. The van der Waals surface area contributed by atoms with E-state index in [1.807, 2.05) is 49.4 Å². The molecule has 0 aliphatic carbocycles. The lowest BCUT2D eigenvalue weighted by molar-refractivity contribution is 0.102. The molecule has 0 fully saturated rings. The highest BCUT2D eigenvalue weighted by atomic mass is 32.1. The van der Waals surface area contributed by atoms with Crippen molar-refractivity contribution in [1.29, 1.82) is 0 Å². The normalized spacial score (nSPS) is 10.6. The highest BCUT2D eigenvalue weighted by molar-refractivity contribution is 7.17. The molecule has 0 saturated carbocycles. The zero-order valence-corrected chi connectivity index (χ0v) is 18.9. The topological polar surface area (TPSA) is 106 Å². The van der Waals surface area contributed by atoms with E-state index in [-0.39, 0.29) is 6.61 Å². The van der Waals surface area contributed by atoms with Crippen LogP contribution in [0.2, 0.25) is 0 Å². The Kier molecular flexibility index (Phi) is 6.92. The highest BCUT2D eigenvalue weighted by Crippen LogP contribution is 2.33. The van der Waals surface area contributed by atoms with Gasteiger partial charge < -0.3 is 14.6 Å². The summed E-state index contributed by atoms with van der Waals surface area (Å²) in [6.07, 6.45) is 1.43. The van der Waals surface area contributed by atoms with Crippen molar-refractivity contribution in [3.63, 3.8) is 0 Å². The van der Waals surface area contributed by atoms with E-state index >= 15 is 0 Å². The van der Waals surface area contributed by atoms with E-state index in [0.29, 0.717) is 45.1 Å². The average Bonchev–Trinajstić information content (AvgIpc) is 3.30. The Balaban J connectivity index is 1.52. The molecular weight excluding hydrogens is 440 g/mol. The number of carbonyl (C=O) groups is 1. The third-order valence-corrected chi connectivity index (χ3v) is 5.63. The number of benzene rings is 2. The zero-order chi connectivity index (χ0) is 23.2. The van der Waals surface area contributed by atoms with E-state index < -0.39 is 5.91 Å². The fourth-order valence-electron chi connectivity index (χ4n) is 3.17. The number of hydrogen-bond donors (Lipinski definition) is 2. The number of carbonyl (C=O) groups excluding carboxylic acids is 1. The quantitative estimate of drug-likeness (QED) is 0.403. The Morgan fingerprint density at radius 1 is 1.09 bits per heavy atom. The van der Waals surface area contributed by atoms with Crippen molar-refractivity contribution in [1.82, 2.24) is 15.2 Å². The van der Waals surface area contributed by atoms with Gasteiger partial charge in [-0.3, -0.25) is 15.1 Å². The van der Waals surface area contributed by atoms with Gasteiger partial charge in [0.25, 0.3) is 11.1 Å². The number of para-hydroxylation sites is 1. The van der Waals surface area contributed by atoms with Crippen LogP contribution in [0.4, 0.5) is 5.13 Å². The largest absolute Gasteiger partial charge is 0.496 e. The number of hydrogen-bond acceptors (Lipinski definition) is 8. The first-order valence-corrected chi connectivity index (χ1v) is 11.0. The van der Waals surface area contributed by atoms with Crippen LogP contribution >= 0.6 is 11.3 Å². The highest BCUT2D eigenvalue weighted by Gasteiger charge is 2.19. The minimum Gasteiger partial charge on any atom is -0.496 e. The van der Waals surface area contributed by atoms with Crippen LogP contribution in [0.5, 0.6) is 10.9 Å². The molecule has 0 saturated heterocycles. The van der Waals surface area contributed by atoms with Crippen molar-refractivity contribution >= 4 is 22.4 Å². The molecule has 0 unspecified atom stereocenters. The molecule has 33 heavy (non-hydrogen) atoms. The molecule has 9 heteroatoms. The Bertz CT molecular complexity index is 1260. The van der Waals surface area contributed by atoms with E-state index in [2.05, 4.69) is 20.5 Å².